The van der Waals surface area contributed by atoms with Gasteiger partial charge in [0.2, 0.25) is 5.91 Å². The summed E-state index contributed by atoms with van der Waals surface area (Å²) < 4.78 is 0. The fourth-order valence-corrected chi connectivity index (χ4v) is 4.71. The molecule has 2 aromatic rings. The average Bonchev–Trinajstić information content (AvgIpc) is 3.09. The number of ketones is 1. The molecule has 0 aliphatic heterocycles. The first kappa shape index (κ1) is 25.0. The summed E-state index contributed by atoms with van der Waals surface area (Å²) in [5.41, 5.74) is 8.91. The van der Waals surface area contributed by atoms with E-state index in [0.29, 0.717) is 28.7 Å². The Morgan fingerprint density at radius 1 is 1.09 bits per heavy atom. The van der Waals surface area contributed by atoms with Gasteiger partial charge in [-0.3, -0.25) is 9.59 Å². The van der Waals surface area contributed by atoms with Gasteiger partial charge in [-0.25, -0.2) is 4.79 Å². The third-order valence-electron chi connectivity index (χ3n) is 6.84. The van der Waals surface area contributed by atoms with Crippen LogP contribution < -0.4 is 16.4 Å². The van der Waals surface area contributed by atoms with E-state index in [1.165, 1.54) is 5.56 Å². The van der Waals surface area contributed by atoms with E-state index in [2.05, 4.69) is 28.8 Å². The fraction of sp³-hybridized carbons (Fsp3) is 0.407. The zero-order valence-electron chi connectivity index (χ0n) is 19.8. The third kappa shape index (κ3) is 6.44. The Labute approximate surface area is 200 Å². The van der Waals surface area contributed by atoms with Crippen molar-refractivity contribution in [2.24, 2.45) is 17.6 Å². The van der Waals surface area contributed by atoms with Crippen LogP contribution in [0.25, 0.3) is 0 Å². The summed E-state index contributed by atoms with van der Waals surface area (Å²) >= 11 is 0. The number of amides is 3. The van der Waals surface area contributed by atoms with Crippen molar-refractivity contribution in [3.05, 3.63) is 64.7 Å². The molecule has 34 heavy (non-hydrogen) atoms. The summed E-state index contributed by atoms with van der Waals surface area (Å²) in [6.45, 7) is 3.59. The Hall–Kier alpha value is -3.66. The lowest BCUT2D eigenvalue weighted by molar-refractivity contribution is -0.117. The maximum Gasteiger partial charge on any atom is 0.319 e. The molecule has 4 N–H and O–H groups in total. The predicted octanol–water partition coefficient (Wildman–Crippen LogP) is 4.66. The topological polar surface area (TPSA) is 125 Å². The minimum Gasteiger partial charge on any atom is -0.368 e. The van der Waals surface area contributed by atoms with E-state index in [1.54, 1.807) is 12.1 Å². The molecule has 3 amide bonds. The average molecular weight is 461 g/mol. The highest BCUT2D eigenvalue weighted by atomic mass is 16.2. The van der Waals surface area contributed by atoms with Crippen molar-refractivity contribution in [3.8, 4) is 6.07 Å². The van der Waals surface area contributed by atoms with Gasteiger partial charge >= 0.3 is 6.03 Å². The fourth-order valence-electron chi connectivity index (χ4n) is 4.71. The van der Waals surface area contributed by atoms with Gasteiger partial charge in [0.1, 0.15) is 0 Å². The number of hydrogen-bond acceptors (Lipinski definition) is 4. The zero-order chi connectivity index (χ0) is 24.7. The molecule has 7 nitrogen and oxygen atoms in total. The first-order valence-electron chi connectivity index (χ1n) is 11.8. The highest BCUT2D eigenvalue weighted by Gasteiger charge is 2.28. The van der Waals surface area contributed by atoms with Gasteiger partial charge in [0.25, 0.3) is 0 Å². The number of hydrogen-bond donors (Lipinski definition) is 3. The van der Waals surface area contributed by atoms with Crippen LogP contribution in [-0.4, -0.2) is 24.3 Å². The van der Waals surface area contributed by atoms with Crippen LogP contribution in [0.3, 0.4) is 0 Å². The Morgan fingerprint density at radius 2 is 1.82 bits per heavy atom. The third-order valence-corrected chi connectivity index (χ3v) is 6.84. The van der Waals surface area contributed by atoms with Gasteiger partial charge in [-0.1, -0.05) is 37.6 Å². The molecule has 3 rings (SSSR count). The maximum atomic E-state index is 13.3. The second-order valence-corrected chi connectivity index (χ2v) is 9.16. The minimum atomic E-state index is -0.630. The number of urea groups is 1. The zero-order valence-corrected chi connectivity index (χ0v) is 19.8. The van der Waals surface area contributed by atoms with E-state index in [1.807, 2.05) is 32.0 Å². The number of carbonyl (C=O) groups is 3. The Bertz CT molecular complexity index is 1090. The van der Waals surface area contributed by atoms with Gasteiger partial charge in [-0.05, 0) is 73.8 Å². The summed E-state index contributed by atoms with van der Waals surface area (Å²) in [5.74, 6) is 0.0671. The lowest BCUT2D eigenvalue weighted by Gasteiger charge is -2.22. The smallest absolute Gasteiger partial charge is 0.319 e. The Balaban J connectivity index is 1.64. The van der Waals surface area contributed by atoms with E-state index in [0.717, 1.165) is 37.7 Å². The molecule has 1 saturated carbocycles. The number of nitriles is 1. The number of primary amides is 1. The van der Waals surface area contributed by atoms with Gasteiger partial charge in [0.15, 0.2) is 5.78 Å². The number of anilines is 1. The standard InChI is InChI=1S/C27H32N4O3/c1-17-6-9-23(14-24(17)31-27(34)30-16-25(29)32)26(33)18(2)20-4-3-5-21(13-12-20)22-10-7-19(15-28)8-11-22/h6-11,14,18,20-21H,3-5,12-13,16H2,1-2H3,(H2,29,32)(H2,30,31,34). The lowest BCUT2D eigenvalue weighted by Crippen LogP contribution is -2.36. The van der Waals surface area contributed by atoms with Gasteiger partial charge in [0.05, 0.1) is 18.2 Å². The Kier molecular flexibility index (Phi) is 8.42. The highest BCUT2D eigenvalue weighted by molar-refractivity contribution is 6.00. The van der Waals surface area contributed by atoms with Gasteiger partial charge in [-0.2, -0.15) is 5.26 Å². The number of rotatable bonds is 7. The van der Waals surface area contributed by atoms with Crippen LogP contribution >= 0.6 is 0 Å². The molecule has 0 saturated heterocycles. The van der Waals surface area contributed by atoms with Gasteiger partial charge in [-0.15, -0.1) is 0 Å². The molecule has 0 radical (unpaired) electrons. The molecule has 178 valence electrons. The number of nitrogens with zero attached hydrogens (tertiary/aromatic N) is 1. The molecule has 0 bridgehead atoms. The normalized spacial score (nSPS) is 18.7. The highest BCUT2D eigenvalue weighted by Crippen LogP contribution is 2.38. The molecule has 0 spiro atoms. The van der Waals surface area contributed by atoms with E-state index >= 15 is 0 Å². The van der Waals surface area contributed by atoms with E-state index in [4.69, 9.17) is 11.0 Å². The van der Waals surface area contributed by atoms with Crippen LogP contribution in [0.15, 0.2) is 42.5 Å². The van der Waals surface area contributed by atoms with E-state index < -0.39 is 11.9 Å². The first-order valence-corrected chi connectivity index (χ1v) is 11.8. The van der Waals surface area contributed by atoms with Crippen LogP contribution in [0.1, 0.15) is 72.0 Å². The van der Waals surface area contributed by atoms with Crippen LogP contribution in [0.4, 0.5) is 10.5 Å². The second kappa shape index (κ2) is 11.5. The maximum absolute atomic E-state index is 13.3. The van der Waals surface area contributed by atoms with Gasteiger partial charge in [0, 0.05) is 17.2 Å². The SMILES string of the molecule is Cc1ccc(C(=O)C(C)C2CCCC(c3ccc(C#N)cc3)CC2)cc1NC(=O)NCC(N)=O. The molecular weight excluding hydrogens is 428 g/mol. The van der Waals surface area contributed by atoms with Crippen molar-refractivity contribution in [1.29, 1.82) is 5.26 Å². The molecule has 0 aromatic heterocycles. The molecule has 2 aromatic carbocycles. The van der Waals surface area contributed by atoms with Crippen molar-refractivity contribution in [2.45, 2.75) is 51.9 Å². The quantitative estimate of drug-likeness (QED) is 0.410. The number of nitrogens with one attached hydrogen (secondary N) is 2. The van der Waals surface area contributed by atoms with Crippen molar-refractivity contribution in [1.82, 2.24) is 5.32 Å². The monoisotopic (exact) mass is 460 g/mol. The lowest BCUT2D eigenvalue weighted by atomic mass is 9.82. The molecule has 3 unspecified atom stereocenters. The molecule has 1 fully saturated rings. The van der Waals surface area contributed by atoms with Crippen molar-refractivity contribution < 1.29 is 14.4 Å². The van der Waals surface area contributed by atoms with Crippen molar-refractivity contribution in [2.75, 3.05) is 11.9 Å². The number of aryl methyl sites for hydroxylation is 1. The number of carbonyl (C=O) groups excluding carboxylic acids is 3. The summed E-state index contributed by atoms with van der Waals surface area (Å²) in [4.78, 5) is 36.2. The summed E-state index contributed by atoms with van der Waals surface area (Å²) in [6, 6.07) is 14.8. The predicted molar refractivity (Wildman–Crippen MR) is 131 cm³/mol. The summed E-state index contributed by atoms with van der Waals surface area (Å²) in [6.07, 6.45) is 5.15. The summed E-state index contributed by atoms with van der Waals surface area (Å²) in [5, 5.41) is 14.1. The van der Waals surface area contributed by atoms with Crippen molar-refractivity contribution >= 4 is 23.4 Å². The van der Waals surface area contributed by atoms with Crippen LogP contribution in [0.2, 0.25) is 0 Å². The van der Waals surface area contributed by atoms with E-state index in [9.17, 15) is 14.4 Å². The van der Waals surface area contributed by atoms with Gasteiger partial charge < -0.3 is 16.4 Å². The molecule has 1 aliphatic carbocycles. The van der Waals surface area contributed by atoms with E-state index in [-0.39, 0.29) is 18.2 Å². The Morgan fingerprint density at radius 3 is 2.50 bits per heavy atom. The molecular formula is C27H32N4O3. The minimum absolute atomic E-state index is 0.0717. The largest absolute Gasteiger partial charge is 0.368 e. The number of nitrogens with two attached hydrogens (primary N) is 1. The number of Topliss-reactive ketones (excluding diaryl/α,β-unsaturated/α-hetero) is 1. The van der Waals surface area contributed by atoms with Crippen molar-refractivity contribution in [3.63, 3.8) is 0 Å². The molecule has 3 atom stereocenters. The molecule has 7 heteroatoms. The van der Waals surface area contributed by atoms with Crippen LogP contribution in [0, 0.1) is 30.1 Å². The molecule has 1 aliphatic rings. The second-order valence-electron chi connectivity index (χ2n) is 9.16. The number of benzene rings is 2. The van der Waals surface area contributed by atoms with Crippen LogP contribution in [0.5, 0.6) is 0 Å². The van der Waals surface area contributed by atoms with Crippen LogP contribution in [-0.2, 0) is 4.79 Å². The summed E-state index contributed by atoms with van der Waals surface area (Å²) in [7, 11) is 0. The molecule has 0 heterocycles. The first-order chi connectivity index (χ1) is 16.3.